The number of carbonyl (C=O) groups excluding carboxylic acids is 1. The van der Waals surface area contributed by atoms with E-state index in [-0.39, 0.29) is 35.4 Å². The Hall–Kier alpha value is -2.49. The first kappa shape index (κ1) is 26.8. The Kier molecular flexibility index (Phi) is 9.82. The second-order valence-corrected chi connectivity index (χ2v) is 8.95. The maximum absolute atomic E-state index is 12.5. The summed E-state index contributed by atoms with van der Waals surface area (Å²) in [6, 6.07) is 15.9. The fourth-order valence-electron chi connectivity index (χ4n) is 3.80. The zero-order valence-electron chi connectivity index (χ0n) is 20.2. The second-order valence-electron chi connectivity index (χ2n) is 8.95. The minimum atomic E-state index is -0.265. The molecular formula is C25H36IN5O2. The number of benzene rings is 2. The molecule has 2 aromatic rings. The molecule has 0 radical (unpaired) electrons. The van der Waals surface area contributed by atoms with Gasteiger partial charge in [-0.3, -0.25) is 9.79 Å². The molecule has 2 aromatic carbocycles. The van der Waals surface area contributed by atoms with Crippen molar-refractivity contribution in [1.29, 1.82) is 0 Å². The van der Waals surface area contributed by atoms with Crippen molar-refractivity contribution in [3.63, 3.8) is 0 Å². The van der Waals surface area contributed by atoms with E-state index in [9.17, 15) is 4.79 Å². The molecule has 33 heavy (non-hydrogen) atoms. The molecule has 0 aromatic heterocycles. The number of amides is 1. The third-order valence-electron chi connectivity index (χ3n) is 5.35. The topological polar surface area (TPSA) is 69.2 Å². The first-order valence-corrected chi connectivity index (χ1v) is 11.1. The lowest BCUT2D eigenvalue weighted by Crippen LogP contribution is -2.52. The Bertz CT molecular complexity index is 950. The summed E-state index contributed by atoms with van der Waals surface area (Å²) < 4.78 is 5.51. The van der Waals surface area contributed by atoms with E-state index in [4.69, 9.17) is 4.74 Å². The minimum Gasteiger partial charge on any atom is -0.495 e. The molecule has 1 heterocycles. The predicted molar refractivity (Wildman–Crippen MR) is 146 cm³/mol. The van der Waals surface area contributed by atoms with Gasteiger partial charge in [0, 0.05) is 50.9 Å². The van der Waals surface area contributed by atoms with E-state index in [0.717, 1.165) is 49.1 Å². The van der Waals surface area contributed by atoms with Crippen LogP contribution in [0, 0.1) is 0 Å². The van der Waals surface area contributed by atoms with Gasteiger partial charge in [-0.15, -0.1) is 24.0 Å². The molecule has 0 aliphatic carbocycles. The molecule has 1 aliphatic heterocycles. The number of hydrogen-bond acceptors (Lipinski definition) is 4. The molecular weight excluding hydrogens is 529 g/mol. The van der Waals surface area contributed by atoms with Crippen molar-refractivity contribution in [2.45, 2.75) is 32.9 Å². The average Bonchev–Trinajstić information content (AvgIpc) is 2.79. The largest absolute Gasteiger partial charge is 0.495 e. The summed E-state index contributed by atoms with van der Waals surface area (Å²) in [6.45, 7) is 10.1. The number of guanidine groups is 1. The van der Waals surface area contributed by atoms with Gasteiger partial charge in [0.2, 0.25) is 0 Å². The monoisotopic (exact) mass is 565 g/mol. The van der Waals surface area contributed by atoms with E-state index < -0.39 is 0 Å². The van der Waals surface area contributed by atoms with Crippen LogP contribution in [0.5, 0.6) is 5.75 Å². The highest BCUT2D eigenvalue weighted by Crippen LogP contribution is 2.28. The van der Waals surface area contributed by atoms with Crippen molar-refractivity contribution in [3.05, 3.63) is 59.7 Å². The molecule has 8 heteroatoms. The van der Waals surface area contributed by atoms with Gasteiger partial charge in [-0.1, -0.05) is 24.3 Å². The van der Waals surface area contributed by atoms with Crippen LogP contribution >= 0.6 is 24.0 Å². The van der Waals surface area contributed by atoms with E-state index in [0.29, 0.717) is 12.1 Å². The van der Waals surface area contributed by atoms with Crippen LogP contribution in [-0.2, 0) is 6.54 Å². The fraction of sp³-hybridized carbons (Fsp3) is 0.440. The predicted octanol–water partition coefficient (Wildman–Crippen LogP) is 3.74. The molecule has 0 bridgehead atoms. The Morgan fingerprint density at radius 1 is 1.06 bits per heavy atom. The van der Waals surface area contributed by atoms with Gasteiger partial charge < -0.3 is 25.2 Å². The lowest BCUT2D eigenvalue weighted by molar-refractivity contribution is 0.0919. The van der Waals surface area contributed by atoms with Crippen LogP contribution in [0.3, 0.4) is 0 Å². The van der Waals surface area contributed by atoms with Gasteiger partial charge in [-0.25, -0.2) is 0 Å². The van der Waals surface area contributed by atoms with Crippen LogP contribution in [-0.4, -0.2) is 62.6 Å². The molecule has 7 nitrogen and oxygen atoms in total. The van der Waals surface area contributed by atoms with E-state index in [2.05, 4.69) is 31.5 Å². The highest BCUT2D eigenvalue weighted by Gasteiger charge is 2.22. The summed E-state index contributed by atoms with van der Waals surface area (Å²) in [5, 5.41) is 6.46. The molecule has 1 amide bonds. The van der Waals surface area contributed by atoms with Gasteiger partial charge in [-0.2, -0.15) is 0 Å². The number of methoxy groups -OCH3 is 1. The summed E-state index contributed by atoms with van der Waals surface area (Å²) >= 11 is 0. The smallest absolute Gasteiger partial charge is 0.251 e. The zero-order chi connectivity index (χ0) is 23.1. The summed E-state index contributed by atoms with van der Waals surface area (Å²) in [7, 11) is 3.52. The number of rotatable bonds is 5. The van der Waals surface area contributed by atoms with Crippen LogP contribution in [0.2, 0.25) is 0 Å². The maximum atomic E-state index is 12.5. The average molecular weight is 566 g/mol. The van der Waals surface area contributed by atoms with Crippen molar-refractivity contribution < 1.29 is 9.53 Å². The lowest BCUT2D eigenvalue weighted by Gasteiger charge is -2.38. The first-order chi connectivity index (χ1) is 15.3. The van der Waals surface area contributed by atoms with Gasteiger partial charge in [0.25, 0.3) is 5.91 Å². The van der Waals surface area contributed by atoms with Gasteiger partial charge in [0.15, 0.2) is 5.96 Å². The number of nitrogens with zero attached hydrogens (tertiary/aromatic N) is 3. The molecule has 0 saturated carbocycles. The molecule has 3 rings (SSSR count). The normalized spacial score (nSPS) is 14.4. The zero-order valence-corrected chi connectivity index (χ0v) is 22.6. The van der Waals surface area contributed by atoms with Crippen molar-refractivity contribution in [2.75, 3.05) is 45.2 Å². The second kappa shape index (κ2) is 12.1. The Morgan fingerprint density at radius 2 is 1.76 bits per heavy atom. The highest BCUT2D eigenvalue weighted by molar-refractivity contribution is 14.0. The molecule has 0 spiro atoms. The molecule has 1 fully saturated rings. The molecule has 1 saturated heterocycles. The number of nitrogens with one attached hydrogen (secondary N) is 2. The SMILES string of the molecule is CN=C(NCc1cccc(C(=O)NC(C)(C)C)c1)N1CCN(c2ccccc2OC)CC1.I. The number of ether oxygens (including phenoxy) is 1. The number of aliphatic imine (C=N–C) groups is 1. The van der Waals surface area contributed by atoms with E-state index in [1.54, 1.807) is 7.11 Å². The van der Waals surface area contributed by atoms with Gasteiger partial charge in [-0.05, 0) is 50.6 Å². The van der Waals surface area contributed by atoms with Crippen molar-refractivity contribution in [3.8, 4) is 5.75 Å². The van der Waals surface area contributed by atoms with Crippen LogP contribution in [0.15, 0.2) is 53.5 Å². The minimum absolute atomic E-state index is 0. The van der Waals surface area contributed by atoms with Crippen LogP contribution in [0.4, 0.5) is 5.69 Å². The summed E-state index contributed by atoms with van der Waals surface area (Å²) in [4.78, 5) is 21.6. The van der Waals surface area contributed by atoms with E-state index in [1.165, 1.54) is 0 Å². The fourth-order valence-corrected chi connectivity index (χ4v) is 3.80. The van der Waals surface area contributed by atoms with Crippen LogP contribution in [0.1, 0.15) is 36.7 Å². The van der Waals surface area contributed by atoms with Gasteiger partial charge >= 0.3 is 0 Å². The standard InChI is InChI=1S/C25H35N5O2.HI/c1-25(2,3)28-23(31)20-10-8-9-19(17-20)18-27-24(26-4)30-15-13-29(14-16-30)21-11-6-7-12-22(21)32-5;/h6-12,17H,13-16,18H2,1-5H3,(H,26,27)(H,28,31);1H. The Morgan fingerprint density at radius 3 is 2.39 bits per heavy atom. The Balaban J connectivity index is 0.00000385. The number of anilines is 1. The van der Waals surface area contributed by atoms with Gasteiger partial charge in [0.1, 0.15) is 5.75 Å². The summed E-state index contributed by atoms with van der Waals surface area (Å²) in [5.74, 6) is 1.71. The van der Waals surface area contributed by atoms with Crippen molar-refractivity contribution in [2.24, 2.45) is 4.99 Å². The first-order valence-electron chi connectivity index (χ1n) is 11.1. The van der Waals surface area contributed by atoms with Gasteiger partial charge in [0.05, 0.1) is 12.8 Å². The third-order valence-corrected chi connectivity index (χ3v) is 5.35. The van der Waals surface area contributed by atoms with Crippen molar-refractivity contribution >= 4 is 41.5 Å². The molecule has 2 N–H and O–H groups in total. The quantitative estimate of drug-likeness (QED) is 0.329. The number of para-hydroxylation sites is 2. The summed E-state index contributed by atoms with van der Waals surface area (Å²) in [5.41, 5.74) is 2.57. The number of hydrogen-bond donors (Lipinski definition) is 2. The van der Waals surface area contributed by atoms with Crippen molar-refractivity contribution in [1.82, 2.24) is 15.5 Å². The van der Waals surface area contributed by atoms with E-state index >= 15 is 0 Å². The maximum Gasteiger partial charge on any atom is 0.251 e. The molecule has 180 valence electrons. The molecule has 0 unspecified atom stereocenters. The molecule has 0 atom stereocenters. The number of halogens is 1. The van der Waals surface area contributed by atoms with Crippen LogP contribution in [0.25, 0.3) is 0 Å². The Labute approximate surface area is 214 Å². The third kappa shape index (κ3) is 7.52. The lowest BCUT2D eigenvalue weighted by atomic mass is 10.1. The van der Waals surface area contributed by atoms with E-state index in [1.807, 2.05) is 70.3 Å². The molecule has 1 aliphatic rings. The highest BCUT2D eigenvalue weighted by atomic mass is 127. The summed E-state index contributed by atoms with van der Waals surface area (Å²) in [6.07, 6.45) is 0. The van der Waals surface area contributed by atoms with Crippen LogP contribution < -0.4 is 20.3 Å². The number of piperazine rings is 1. The number of carbonyl (C=O) groups is 1.